The number of halogens is 1. The number of phenolic OH excluding ortho intramolecular Hbond substituents is 1. The molecule has 1 aliphatic rings. The Morgan fingerprint density at radius 3 is 2.45 bits per heavy atom. The van der Waals surface area contributed by atoms with Crippen molar-refractivity contribution in [2.45, 2.75) is 12.1 Å². The Labute approximate surface area is 198 Å². The standard InChI is InChI=1S/C26H23ClN4O2/c1-29-22-8-4-19(5-9-22)26(17-32)30-12-13-31(24-11-10-23(33)14-20(24)15-28)25(16-30)18-2-6-21(27)7-3-18/h2-11,14,25-26,32-33H,12-13,16-17H2/t25-,26-/m0/s1. The molecule has 0 bridgehead atoms. The van der Waals surface area contributed by atoms with Crippen molar-refractivity contribution in [1.29, 1.82) is 5.26 Å². The summed E-state index contributed by atoms with van der Waals surface area (Å²) in [4.78, 5) is 7.85. The summed E-state index contributed by atoms with van der Waals surface area (Å²) in [7, 11) is 0. The first kappa shape index (κ1) is 22.6. The fraction of sp³-hybridized carbons (Fsp3) is 0.231. The molecule has 1 heterocycles. The fourth-order valence-electron chi connectivity index (χ4n) is 4.41. The number of rotatable bonds is 5. The van der Waals surface area contributed by atoms with Crippen LogP contribution in [0.3, 0.4) is 0 Å². The maximum absolute atomic E-state index is 10.2. The number of hydrogen-bond acceptors (Lipinski definition) is 5. The number of benzene rings is 3. The third-order valence-electron chi connectivity index (χ3n) is 6.10. The number of hydrogen-bond donors (Lipinski definition) is 2. The Morgan fingerprint density at radius 1 is 1.09 bits per heavy atom. The molecule has 0 amide bonds. The van der Waals surface area contributed by atoms with Crippen molar-refractivity contribution in [2.75, 3.05) is 31.1 Å². The minimum Gasteiger partial charge on any atom is -0.508 e. The number of nitriles is 1. The molecule has 1 saturated heterocycles. The zero-order valence-electron chi connectivity index (χ0n) is 17.9. The van der Waals surface area contributed by atoms with Crippen LogP contribution in [0.25, 0.3) is 4.85 Å². The second-order valence-electron chi connectivity index (χ2n) is 7.97. The van der Waals surface area contributed by atoms with Gasteiger partial charge in [-0.3, -0.25) is 4.90 Å². The summed E-state index contributed by atoms with van der Waals surface area (Å²) < 4.78 is 0. The zero-order valence-corrected chi connectivity index (χ0v) is 18.7. The van der Waals surface area contributed by atoms with Gasteiger partial charge < -0.3 is 15.1 Å². The summed E-state index contributed by atoms with van der Waals surface area (Å²) >= 11 is 6.13. The van der Waals surface area contributed by atoms with Crippen molar-refractivity contribution < 1.29 is 10.2 Å². The van der Waals surface area contributed by atoms with Gasteiger partial charge in [0.25, 0.3) is 0 Å². The molecule has 1 aliphatic heterocycles. The molecule has 33 heavy (non-hydrogen) atoms. The summed E-state index contributed by atoms with van der Waals surface area (Å²) in [5, 5.41) is 30.4. The van der Waals surface area contributed by atoms with E-state index in [0.717, 1.165) is 16.8 Å². The highest BCUT2D eigenvalue weighted by Gasteiger charge is 2.33. The molecular weight excluding hydrogens is 436 g/mol. The number of phenols is 1. The van der Waals surface area contributed by atoms with Gasteiger partial charge in [0.05, 0.1) is 36.5 Å². The van der Waals surface area contributed by atoms with Crippen molar-refractivity contribution in [1.82, 2.24) is 4.90 Å². The largest absolute Gasteiger partial charge is 0.508 e. The van der Waals surface area contributed by atoms with E-state index >= 15 is 0 Å². The predicted molar refractivity (Wildman–Crippen MR) is 128 cm³/mol. The summed E-state index contributed by atoms with van der Waals surface area (Å²) in [6, 6.07) is 21.7. The van der Waals surface area contributed by atoms with E-state index < -0.39 is 0 Å². The topological polar surface area (TPSA) is 75.1 Å². The minimum absolute atomic E-state index is 0.0483. The van der Waals surface area contributed by atoms with Crippen molar-refractivity contribution in [2.24, 2.45) is 0 Å². The lowest BCUT2D eigenvalue weighted by molar-refractivity contribution is 0.103. The smallest absolute Gasteiger partial charge is 0.187 e. The molecule has 0 aromatic heterocycles. The average molecular weight is 459 g/mol. The second kappa shape index (κ2) is 9.94. The van der Waals surface area contributed by atoms with Crippen LogP contribution in [0, 0.1) is 17.9 Å². The van der Waals surface area contributed by atoms with E-state index in [1.54, 1.807) is 24.3 Å². The number of piperazine rings is 1. The molecule has 2 N–H and O–H groups in total. The first-order chi connectivity index (χ1) is 16.0. The summed E-state index contributed by atoms with van der Waals surface area (Å²) in [5.41, 5.74) is 3.74. The molecule has 7 heteroatoms. The van der Waals surface area contributed by atoms with E-state index in [0.29, 0.717) is 35.9 Å². The maximum atomic E-state index is 10.2. The van der Waals surface area contributed by atoms with Crippen LogP contribution < -0.4 is 4.90 Å². The van der Waals surface area contributed by atoms with Gasteiger partial charge in [0.2, 0.25) is 0 Å². The highest BCUT2D eigenvalue weighted by molar-refractivity contribution is 6.30. The van der Waals surface area contributed by atoms with Gasteiger partial charge in [-0.15, -0.1) is 0 Å². The molecule has 0 aliphatic carbocycles. The zero-order chi connectivity index (χ0) is 23.4. The maximum Gasteiger partial charge on any atom is 0.187 e. The van der Waals surface area contributed by atoms with Gasteiger partial charge in [0.15, 0.2) is 5.69 Å². The SMILES string of the molecule is [C-]#[N+]c1ccc([C@H](CO)N2CCN(c3ccc(O)cc3C#N)[C@H](c3ccc(Cl)cc3)C2)cc1. The first-order valence-corrected chi connectivity index (χ1v) is 11.0. The normalized spacial score (nSPS) is 17.2. The molecule has 0 unspecified atom stereocenters. The van der Waals surface area contributed by atoms with Crippen LogP contribution in [0.4, 0.5) is 11.4 Å². The van der Waals surface area contributed by atoms with Gasteiger partial charge >= 0.3 is 0 Å². The van der Waals surface area contributed by atoms with Crippen molar-refractivity contribution in [3.05, 3.63) is 99.9 Å². The molecule has 2 atom stereocenters. The lowest BCUT2D eigenvalue weighted by Crippen LogP contribution is -2.50. The van der Waals surface area contributed by atoms with Gasteiger partial charge in [-0.05, 0) is 41.5 Å². The van der Waals surface area contributed by atoms with Crippen LogP contribution in [0.5, 0.6) is 5.75 Å². The van der Waals surface area contributed by atoms with Crippen LogP contribution in [0.1, 0.15) is 28.8 Å². The molecule has 6 nitrogen and oxygen atoms in total. The summed E-state index contributed by atoms with van der Waals surface area (Å²) in [6.07, 6.45) is 0. The third kappa shape index (κ3) is 4.79. The minimum atomic E-state index is -0.211. The molecule has 3 aromatic carbocycles. The van der Waals surface area contributed by atoms with E-state index in [9.17, 15) is 15.5 Å². The monoisotopic (exact) mass is 458 g/mol. The van der Waals surface area contributed by atoms with Gasteiger partial charge in [0.1, 0.15) is 11.8 Å². The van der Waals surface area contributed by atoms with Gasteiger partial charge in [0, 0.05) is 24.7 Å². The predicted octanol–water partition coefficient (Wildman–Crippen LogP) is 5.06. The van der Waals surface area contributed by atoms with Gasteiger partial charge in [-0.1, -0.05) is 48.0 Å². The number of aliphatic hydroxyl groups excluding tert-OH is 1. The Hall–Kier alpha value is -3.55. The molecule has 3 aromatic rings. The second-order valence-corrected chi connectivity index (χ2v) is 8.41. The van der Waals surface area contributed by atoms with Crippen LogP contribution in [0.2, 0.25) is 5.02 Å². The van der Waals surface area contributed by atoms with E-state index in [1.165, 1.54) is 6.07 Å². The molecular formula is C26H23ClN4O2. The first-order valence-electron chi connectivity index (χ1n) is 10.6. The Balaban J connectivity index is 1.69. The lowest BCUT2D eigenvalue weighted by atomic mass is 9.97. The third-order valence-corrected chi connectivity index (χ3v) is 6.35. The summed E-state index contributed by atoms with van der Waals surface area (Å²) in [6.45, 7) is 9.03. The van der Waals surface area contributed by atoms with Gasteiger partial charge in [-0.2, -0.15) is 5.26 Å². The molecule has 0 saturated carbocycles. The quantitative estimate of drug-likeness (QED) is 0.522. The van der Waals surface area contributed by atoms with E-state index in [-0.39, 0.29) is 24.4 Å². The highest BCUT2D eigenvalue weighted by Crippen LogP contribution is 2.37. The van der Waals surface area contributed by atoms with Crippen molar-refractivity contribution in [3.63, 3.8) is 0 Å². The van der Waals surface area contributed by atoms with E-state index in [2.05, 4.69) is 20.7 Å². The Morgan fingerprint density at radius 2 is 1.82 bits per heavy atom. The molecule has 0 spiro atoms. The lowest BCUT2D eigenvalue weighted by Gasteiger charge is -2.46. The van der Waals surface area contributed by atoms with Crippen LogP contribution >= 0.6 is 11.6 Å². The summed E-state index contributed by atoms with van der Waals surface area (Å²) in [5.74, 6) is 0.0557. The number of anilines is 1. The number of nitrogens with zero attached hydrogens (tertiary/aromatic N) is 4. The van der Waals surface area contributed by atoms with Crippen molar-refractivity contribution in [3.8, 4) is 11.8 Å². The number of aliphatic hydroxyl groups is 1. The fourth-order valence-corrected chi connectivity index (χ4v) is 4.54. The van der Waals surface area contributed by atoms with Gasteiger partial charge in [-0.25, -0.2) is 4.85 Å². The Bertz CT molecular complexity index is 1200. The Kier molecular flexibility index (Phi) is 6.82. The van der Waals surface area contributed by atoms with Crippen LogP contribution in [-0.2, 0) is 0 Å². The highest BCUT2D eigenvalue weighted by atomic mass is 35.5. The van der Waals surface area contributed by atoms with Crippen LogP contribution in [-0.4, -0.2) is 41.4 Å². The van der Waals surface area contributed by atoms with Crippen molar-refractivity contribution >= 4 is 23.0 Å². The van der Waals surface area contributed by atoms with Crippen LogP contribution in [0.15, 0.2) is 66.7 Å². The average Bonchev–Trinajstić information content (AvgIpc) is 2.85. The molecule has 166 valence electrons. The van der Waals surface area contributed by atoms with E-state index in [1.807, 2.05) is 36.4 Å². The van der Waals surface area contributed by atoms with E-state index in [4.69, 9.17) is 18.2 Å². The molecule has 1 fully saturated rings. The molecule has 0 radical (unpaired) electrons. The number of aromatic hydroxyl groups is 1. The molecule has 4 rings (SSSR count).